The molecular formula is C20H21N5O7. The second-order valence-electron chi connectivity index (χ2n) is 7.44. The third-order valence-corrected chi connectivity index (χ3v) is 5.25. The summed E-state index contributed by atoms with van der Waals surface area (Å²) in [6.45, 7) is 0. The van der Waals surface area contributed by atoms with E-state index in [1.807, 2.05) is 0 Å². The quantitative estimate of drug-likeness (QED) is 0.295. The van der Waals surface area contributed by atoms with Crippen LogP contribution in [0.15, 0.2) is 29.3 Å². The molecule has 0 aromatic heterocycles. The maximum absolute atomic E-state index is 12.3. The van der Waals surface area contributed by atoms with Gasteiger partial charge in [-0.05, 0) is 37.0 Å². The van der Waals surface area contributed by atoms with Crippen molar-refractivity contribution in [3.05, 3.63) is 35.4 Å². The number of amides is 3. The van der Waals surface area contributed by atoms with E-state index < -0.39 is 48.1 Å². The molecule has 2 heterocycles. The van der Waals surface area contributed by atoms with Gasteiger partial charge in [-0.1, -0.05) is 12.1 Å². The van der Waals surface area contributed by atoms with Crippen molar-refractivity contribution in [2.45, 2.75) is 31.7 Å². The van der Waals surface area contributed by atoms with E-state index in [0.717, 1.165) is 5.56 Å². The molecule has 2 aliphatic rings. The lowest BCUT2D eigenvalue weighted by Crippen LogP contribution is -2.45. The molecule has 0 aliphatic carbocycles. The second-order valence-corrected chi connectivity index (χ2v) is 7.44. The number of aliphatic imine (C=N–C) groups is 1. The number of carbonyl (C=O) groups is 5. The third-order valence-electron chi connectivity index (χ3n) is 5.25. The van der Waals surface area contributed by atoms with Gasteiger partial charge in [-0.3, -0.25) is 29.9 Å². The van der Waals surface area contributed by atoms with Crippen LogP contribution >= 0.6 is 0 Å². The van der Waals surface area contributed by atoms with Crippen molar-refractivity contribution in [2.24, 2.45) is 16.8 Å². The number of carboxylic acids is 2. The Labute approximate surface area is 181 Å². The number of hydrogen-bond acceptors (Lipinski definition) is 6. The number of nitrogens with zero attached hydrogens (tertiary/aromatic N) is 1. The molecule has 32 heavy (non-hydrogen) atoms. The van der Waals surface area contributed by atoms with Gasteiger partial charge in [-0.15, -0.1) is 0 Å². The molecular weight excluding hydrogens is 422 g/mol. The Hall–Kier alpha value is -4.09. The highest BCUT2D eigenvalue weighted by Gasteiger charge is 2.46. The van der Waals surface area contributed by atoms with Gasteiger partial charge in [0.2, 0.25) is 17.8 Å². The first-order valence-corrected chi connectivity index (χ1v) is 9.79. The molecule has 168 valence electrons. The maximum Gasteiger partial charge on any atom is 0.326 e. The van der Waals surface area contributed by atoms with Gasteiger partial charge in [0.05, 0.1) is 5.92 Å². The third kappa shape index (κ3) is 5.14. The highest BCUT2D eigenvalue weighted by atomic mass is 16.4. The van der Waals surface area contributed by atoms with E-state index >= 15 is 0 Å². The highest BCUT2D eigenvalue weighted by molar-refractivity contribution is 6.24. The van der Waals surface area contributed by atoms with Crippen LogP contribution in [0, 0.1) is 17.2 Å². The summed E-state index contributed by atoms with van der Waals surface area (Å²) in [4.78, 5) is 62.4. The minimum Gasteiger partial charge on any atom is -0.481 e. The normalized spacial score (nSPS) is 20.5. The summed E-state index contributed by atoms with van der Waals surface area (Å²) >= 11 is 0. The Kier molecular flexibility index (Phi) is 6.61. The number of carboxylic acid groups (broad SMARTS) is 2. The Morgan fingerprint density at radius 3 is 2.41 bits per heavy atom. The van der Waals surface area contributed by atoms with Crippen molar-refractivity contribution in [2.75, 3.05) is 0 Å². The number of benzene rings is 1. The van der Waals surface area contributed by atoms with E-state index in [-0.39, 0.29) is 29.7 Å². The van der Waals surface area contributed by atoms with Gasteiger partial charge in [0, 0.05) is 12.0 Å². The second kappa shape index (κ2) is 9.37. The average Bonchev–Trinajstić information content (AvgIpc) is 3.04. The number of aliphatic carboxylic acids is 2. The highest BCUT2D eigenvalue weighted by Crippen LogP contribution is 2.27. The minimum atomic E-state index is -1.32. The Balaban J connectivity index is 1.59. The topological polar surface area (TPSA) is 198 Å². The molecule has 1 fully saturated rings. The molecule has 6 N–H and O–H groups in total. The van der Waals surface area contributed by atoms with Crippen LogP contribution in [0.3, 0.4) is 0 Å². The van der Waals surface area contributed by atoms with E-state index in [1.165, 1.54) is 12.1 Å². The Bertz CT molecular complexity index is 1020. The lowest BCUT2D eigenvalue weighted by atomic mass is 9.87. The fourth-order valence-corrected chi connectivity index (χ4v) is 3.60. The van der Waals surface area contributed by atoms with Crippen molar-refractivity contribution in [3.8, 4) is 0 Å². The number of aryl methyl sites for hydroxylation is 1. The summed E-state index contributed by atoms with van der Waals surface area (Å²) < 4.78 is 0. The Morgan fingerprint density at radius 2 is 1.78 bits per heavy atom. The predicted molar refractivity (Wildman–Crippen MR) is 109 cm³/mol. The van der Waals surface area contributed by atoms with Crippen LogP contribution in [0.25, 0.3) is 0 Å². The summed E-state index contributed by atoms with van der Waals surface area (Å²) in [5.74, 6) is -5.45. The fraction of sp³-hybridized carbons (Fsp3) is 0.350. The molecule has 0 spiro atoms. The summed E-state index contributed by atoms with van der Waals surface area (Å²) in [5.41, 5.74) is 0.998. The van der Waals surface area contributed by atoms with Gasteiger partial charge in [0.15, 0.2) is 0 Å². The predicted octanol–water partition coefficient (Wildman–Crippen LogP) is -0.508. The van der Waals surface area contributed by atoms with E-state index in [1.54, 1.807) is 12.1 Å². The van der Waals surface area contributed by atoms with Crippen molar-refractivity contribution < 1.29 is 34.2 Å². The zero-order valence-corrected chi connectivity index (χ0v) is 16.8. The van der Waals surface area contributed by atoms with Crippen molar-refractivity contribution in [1.82, 2.24) is 16.0 Å². The number of nitrogens with one attached hydrogen (secondary N) is 4. The molecule has 0 bridgehead atoms. The number of carbonyl (C=O) groups excluding carboxylic acids is 3. The van der Waals surface area contributed by atoms with Crippen LogP contribution in [0.2, 0.25) is 0 Å². The van der Waals surface area contributed by atoms with Crippen LogP contribution < -0.4 is 16.0 Å². The zero-order chi connectivity index (χ0) is 23.4. The van der Waals surface area contributed by atoms with Gasteiger partial charge >= 0.3 is 11.9 Å². The largest absolute Gasteiger partial charge is 0.481 e. The molecule has 3 amide bonds. The van der Waals surface area contributed by atoms with Gasteiger partial charge in [0.1, 0.15) is 17.8 Å². The fourth-order valence-electron chi connectivity index (χ4n) is 3.60. The average molecular weight is 443 g/mol. The molecule has 0 saturated carbocycles. The number of hydrogen-bond donors (Lipinski definition) is 6. The van der Waals surface area contributed by atoms with Crippen LogP contribution in [0.1, 0.15) is 35.2 Å². The molecule has 2 unspecified atom stereocenters. The zero-order valence-electron chi connectivity index (χ0n) is 16.8. The van der Waals surface area contributed by atoms with Gasteiger partial charge in [-0.2, -0.15) is 4.99 Å². The number of fused-ring (bicyclic) bond motifs is 1. The molecule has 1 saturated heterocycles. The van der Waals surface area contributed by atoms with Crippen LogP contribution in [0.4, 0.5) is 0 Å². The van der Waals surface area contributed by atoms with E-state index in [4.69, 9.17) is 15.6 Å². The maximum atomic E-state index is 12.3. The van der Waals surface area contributed by atoms with Crippen LogP contribution in [-0.4, -0.2) is 57.7 Å². The molecule has 3 rings (SSSR count). The van der Waals surface area contributed by atoms with Gasteiger partial charge < -0.3 is 20.8 Å². The van der Waals surface area contributed by atoms with E-state index in [9.17, 15) is 24.0 Å². The monoisotopic (exact) mass is 443 g/mol. The lowest BCUT2D eigenvalue weighted by Gasteiger charge is -2.19. The molecule has 12 nitrogen and oxygen atoms in total. The van der Waals surface area contributed by atoms with Crippen molar-refractivity contribution in [3.63, 3.8) is 0 Å². The molecule has 1 aromatic carbocycles. The van der Waals surface area contributed by atoms with Gasteiger partial charge in [-0.25, -0.2) is 4.79 Å². The first kappa shape index (κ1) is 22.6. The summed E-state index contributed by atoms with van der Waals surface area (Å²) in [5, 5.41) is 32.4. The molecule has 1 aromatic rings. The molecule has 0 radical (unpaired) electrons. The van der Waals surface area contributed by atoms with Crippen LogP contribution in [0.5, 0.6) is 0 Å². The first-order valence-electron chi connectivity index (χ1n) is 9.79. The van der Waals surface area contributed by atoms with E-state index in [0.29, 0.717) is 12.8 Å². The number of guanidine groups is 1. The number of rotatable bonds is 9. The van der Waals surface area contributed by atoms with Crippen molar-refractivity contribution in [1.29, 1.82) is 5.41 Å². The van der Waals surface area contributed by atoms with Crippen LogP contribution in [-0.2, 0) is 25.6 Å². The first-order chi connectivity index (χ1) is 15.2. The van der Waals surface area contributed by atoms with Gasteiger partial charge in [0.25, 0.3) is 5.91 Å². The summed E-state index contributed by atoms with van der Waals surface area (Å²) in [7, 11) is 0. The minimum absolute atomic E-state index is 0.177. The number of amidine groups is 1. The van der Waals surface area contributed by atoms with E-state index in [2.05, 4.69) is 20.9 Å². The summed E-state index contributed by atoms with van der Waals surface area (Å²) in [6, 6.07) is 4.98. The van der Waals surface area contributed by atoms with Crippen molar-refractivity contribution >= 4 is 41.5 Å². The molecule has 12 heteroatoms. The lowest BCUT2D eigenvalue weighted by molar-refractivity contribution is -0.140. The summed E-state index contributed by atoms with van der Waals surface area (Å²) in [6.07, 6.45) is 0.151. The standard InChI is InChI=1S/C20H21N5O7/c21-20-24-15-14(18(30)25-20)11(17(29)23-15)6-3-9-1-4-10(5-2-9)16(28)22-12(19(31)32)7-8-13(26)27/h1-2,4-5,11-12,14H,3,6-8H2,(H,22,28)(H,26,27)(H,31,32)(H3,21,23,24,25,29,30)/t11?,12-,14?/m1/s1. The molecule has 3 atom stereocenters. The molecule has 2 aliphatic heterocycles. The SMILES string of the molecule is N=C1N=C2NC(=O)C(CCc3ccc(C(=O)N[C@H](CCC(=O)O)C(=O)O)cc3)C2C(=O)N1. The Morgan fingerprint density at radius 1 is 1.09 bits per heavy atom. The smallest absolute Gasteiger partial charge is 0.326 e.